The van der Waals surface area contributed by atoms with Gasteiger partial charge < -0.3 is 5.32 Å². The third-order valence-electron chi connectivity index (χ3n) is 4.18. The van der Waals surface area contributed by atoms with Gasteiger partial charge in [-0.3, -0.25) is 4.90 Å². The van der Waals surface area contributed by atoms with Crippen LogP contribution in [0.1, 0.15) is 18.0 Å². The van der Waals surface area contributed by atoms with Crippen LogP contribution >= 0.6 is 24.8 Å². The van der Waals surface area contributed by atoms with Crippen LogP contribution in [0, 0.1) is 0 Å². The molecule has 0 radical (unpaired) electrons. The molecule has 3 rings (SSSR count). The maximum atomic E-state index is 13.0. The average Bonchev–Trinajstić information content (AvgIpc) is 2.52. The minimum absolute atomic E-state index is 0. The summed E-state index contributed by atoms with van der Waals surface area (Å²) in [4.78, 5) is 1.94. The fourth-order valence-corrected chi connectivity index (χ4v) is 3.09. The Balaban J connectivity index is 0.00000144. The van der Waals surface area contributed by atoms with E-state index in [4.69, 9.17) is 0 Å². The summed E-state index contributed by atoms with van der Waals surface area (Å²) in [6.45, 7) is 2.77. The normalized spacial score (nSPS) is 17.0. The van der Waals surface area contributed by atoms with E-state index in [1.165, 1.54) is 0 Å². The van der Waals surface area contributed by atoms with Crippen LogP contribution in [0.3, 0.4) is 0 Å². The molecule has 1 aliphatic rings. The van der Waals surface area contributed by atoms with Crippen molar-refractivity contribution in [2.75, 3.05) is 26.2 Å². The zero-order valence-corrected chi connectivity index (χ0v) is 14.7. The maximum Gasteiger partial charge on any atom is 0.390 e. The number of rotatable bonds is 3. The van der Waals surface area contributed by atoms with Gasteiger partial charge in [0.05, 0.1) is 6.42 Å². The van der Waals surface area contributed by atoms with E-state index in [0.29, 0.717) is 13.1 Å². The molecule has 0 bridgehead atoms. The van der Waals surface area contributed by atoms with Crippen molar-refractivity contribution in [3.05, 3.63) is 48.0 Å². The molecule has 1 heterocycles. The highest BCUT2D eigenvalue weighted by molar-refractivity contribution is 5.85. The Morgan fingerprint density at radius 2 is 1.58 bits per heavy atom. The third-order valence-corrected chi connectivity index (χ3v) is 4.18. The van der Waals surface area contributed by atoms with Gasteiger partial charge in [-0.05, 0) is 22.4 Å². The second-order valence-electron chi connectivity index (χ2n) is 5.73. The molecule has 134 valence electrons. The fraction of sp³-hybridized carbons (Fsp3) is 0.412. The molecule has 0 saturated carbocycles. The van der Waals surface area contributed by atoms with Crippen LogP contribution < -0.4 is 5.32 Å². The number of nitrogens with one attached hydrogen (secondary N) is 1. The monoisotopic (exact) mass is 380 g/mol. The van der Waals surface area contributed by atoms with Gasteiger partial charge in [-0.1, -0.05) is 36.4 Å². The van der Waals surface area contributed by atoms with Crippen molar-refractivity contribution in [3.8, 4) is 0 Å². The molecular formula is C17H21Cl2F3N2. The van der Waals surface area contributed by atoms with E-state index in [9.17, 15) is 13.2 Å². The summed E-state index contributed by atoms with van der Waals surface area (Å²) in [5, 5.41) is 5.23. The summed E-state index contributed by atoms with van der Waals surface area (Å²) < 4.78 is 39.1. The molecule has 1 N–H and O–H groups in total. The predicted molar refractivity (Wildman–Crippen MR) is 96.3 cm³/mol. The van der Waals surface area contributed by atoms with Crippen molar-refractivity contribution >= 4 is 35.6 Å². The molecule has 1 saturated heterocycles. The van der Waals surface area contributed by atoms with Gasteiger partial charge in [0.15, 0.2) is 0 Å². The van der Waals surface area contributed by atoms with Crippen molar-refractivity contribution in [2.45, 2.75) is 18.6 Å². The van der Waals surface area contributed by atoms with Gasteiger partial charge in [0.2, 0.25) is 0 Å². The smallest absolute Gasteiger partial charge is 0.314 e. The topological polar surface area (TPSA) is 15.3 Å². The highest BCUT2D eigenvalue weighted by atomic mass is 35.5. The number of benzene rings is 2. The Kier molecular flexibility index (Phi) is 7.80. The number of piperazine rings is 1. The Hall–Kier alpha value is -1.01. The zero-order valence-electron chi connectivity index (χ0n) is 13.1. The molecule has 1 fully saturated rings. The van der Waals surface area contributed by atoms with Crippen molar-refractivity contribution < 1.29 is 13.2 Å². The first-order chi connectivity index (χ1) is 10.5. The molecule has 24 heavy (non-hydrogen) atoms. The molecule has 0 amide bonds. The van der Waals surface area contributed by atoms with Crippen molar-refractivity contribution in [1.82, 2.24) is 10.2 Å². The Labute approximate surface area is 152 Å². The van der Waals surface area contributed by atoms with E-state index in [1.54, 1.807) is 0 Å². The quantitative estimate of drug-likeness (QED) is 0.837. The number of alkyl halides is 3. The minimum Gasteiger partial charge on any atom is -0.314 e. The molecule has 7 heteroatoms. The van der Waals surface area contributed by atoms with Gasteiger partial charge in [0.25, 0.3) is 0 Å². The molecule has 2 nitrogen and oxygen atoms in total. The molecule has 2 aromatic rings. The van der Waals surface area contributed by atoms with Crippen LogP contribution in [0.15, 0.2) is 42.5 Å². The molecule has 0 aliphatic carbocycles. The Bertz CT molecular complexity index is 643. The van der Waals surface area contributed by atoms with Crippen LogP contribution in [0.2, 0.25) is 0 Å². The van der Waals surface area contributed by atoms with Crippen LogP contribution in [0.25, 0.3) is 10.8 Å². The van der Waals surface area contributed by atoms with Crippen molar-refractivity contribution in [2.24, 2.45) is 0 Å². The lowest BCUT2D eigenvalue weighted by Crippen LogP contribution is -2.46. The summed E-state index contributed by atoms with van der Waals surface area (Å²) in [5.41, 5.74) is 0.748. The lowest BCUT2D eigenvalue weighted by molar-refractivity contribution is -0.148. The first-order valence-corrected chi connectivity index (χ1v) is 7.53. The lowest BCUT2D eigenvalue weighted by atomic mass is 9.97. The Morgan fingerprint density at radius 3 is 2.21 bits per heavy atom. The average molecular weight is 381 g/mol. The number of fused-ring (bicyclic) bond motifs is 1. The van der Waals surface area contributed by atoms with Gasteiger partial charge in [0, 0.05) is 32.2 Å². The maximum absolute atomic E-state index is 13.0. The summed E-state index contributed by atoms with van der Waals surface area (Å²) in [6.07, 6.45) is -4.97. The highest BCUT2D eigenvalue weighted by Crippen LogP contribution is 2.35. The first-order valence-electron chi connectivity index (χ1n) is 7.53. The summed E-state index contributed by atoms with van der Waals surface area (Å²) in [5.74, 6) is 0. The van der Waals surface area contributed by atoms with E-state index < -0.39 is 18.6 Å². The summed E-state index contributed by atoms with van der Waals surface area (Å²) >= 11 is 0. The minimum atomic E-state index is -4.17. The van der Waals surface area contributed by atoms with Crippen LogP contribution in [0.5, 0.6) is 0 Å². The predicted octanol–water partition coefficient (Wildman–Crippen LogP) is 4.58. The molecule has 0 unspecified atom stereocenters. The van der Waals surface area contributed by atoms with E-state index >= 15 is 0 Å². The highest BCUT2D eigenvalue weighted by Gasteiger charge is 2.35. The molecule has 0 aromatic heterocycles. The van der Waals surface area contributed by atoms with Crippen LogP contribution in [-0.4, -0.2) is 37.3 Å². The number of halogens is 5. The number of hydrogen-bond acceptors (Lipinski definition) is 2. The molecule has 1 aliphatic heterocycles. The third kappa shape index (κ3) is 5.24. The second kappa shape index (κ2) is 8.90. The fourth-order valence-electron chi connectivity index (χ4n) is 3.09. The van der Waals surface area contributed by atoms with E-state index in [1.807, 2.05) is 47.4 Å². The molecule has 2 aromatic carbocycles. The summed E-state index contributed by atoms with van der Waals surface area (Å²) in [7, 11) is 0. The van der Waals surface area contributed by atoms with E-state index in [2.05, 4.69) is 5.32 Å². The molecule has 0 spiro atoms. The van der Waals surface area contributed by atoms with Gasteiger partial charge in [0.1, 0.15) is 0 Å². The van der Waals surface area contributed by atoms with Crippen LogP contribution in [0.4, 0.5) is 13.2 Å². The standard InChI is InChI=1S/C17H19F3N2.2ClH/c18-17(19,20)12-16(22-9-7-21-8-10-22)15-6-5-13-3-1-2-4-14(13)11-15;;/h1-6,11,16,21H,7-10,12H2;2*1H/t16-;;/m1../s1. The second-order valence-corrected chi connectivity index (χ2v) is 5.73. The van der Waals surface area contributed by atoms with Gasteiger partial charge in [-0.25, -0.2) is 0 Å². The van der Waals surface area contributed by atoms with Crippen molar-refractivity contribution in [3.63, 3.8) is 0 Å². The molecular weight excluding hydrogens is 360 g/mol. The van der Waals surface area contributed by atoms with Gasteiger partial charge in [-0.15, -0.1) is 24.8 Å². The van der Waals surface area contributed by atoms with Gasteiger partial charge >= 0.3 is 6.18 Å². The first kappa shape index (κ1) is 21.0. The lowest BCUT2D eigenvalue weighted by Gasteiger charge is -2.35. The number of hydrogen-bond donors (Lipinski definition) is 1. The number of nitrogens with zero attached hydrogens (tertiary/aromatic N) is 1. The van der Waals surface area contributed by atoms with E-state index in [-0.39, 0.29) is 24.8 Å². The molecule has 1 atom stereocenters. The zero-order chi connectivity index (χ0) is 15.6. The largest absolute Gasteiger partial charge is 0.390 e. The van der Waals surface area contributed by atoms with E-state index in [0.717, 1.165) is 29.4 Å². The van der Waals surface area contributed by atoms with Gasteiger partial charge in [-0.2, -0.15) is 13.2 Å². The Morgan fingerprint density at radius 1 is 0.958 bits per heavy atom. The SMILES string of the molecule is Cl.Cl.FC(F)(F)C[C@H](c1ccc2ccccc2c1)N1CCNCC1. The van der Waals surface area contributed by atoms with Crippen LogP contribution in [-0.2, 0) is 0 Å². The summed E-state index contributed by atoms with van der Waals surface area (Å²) in [6, 6.07) is 12.8. The van der Waals surface area contributed by atoms with Crippen molar-refractivity contribution in [1.29, 1.82) is 0 Å².